The maximum absolute atomic E-state index is 14.3. The number of carbonyl (C=O) groups is 1. The van der Waals surface area contributed by atoms with Crippen LogP contribution in [0.25, 0.3) is 11.0 Å². The van der Waals surface area contributed by atoms with Crippen molar-refractivity contribution in [1.82, 2.24) is 34.0 Å². The van der Waals surface area contributed by atoms with Gasteiger partial charge in [0, 0.05) is 43.0 Å². The number of aryl methyl sites for hydroxylation is 1. The van der Waals surface area contributed by atoms with Gasteiger partial charge >= 0.3 is 5.97 Å². The smallest absolute Gasteiger partial charge is 0.335 e. The molecule has 5 aromatic rings. The van der Waals surface area contributed by atoms with Crippen molar-refractivity contribution in [3.8, 4) is 11.9 Å². The van der Waals surface area contributed by atoms with E-state index in [4.69, 9.17) is 15.0 Å². The molecule has 1 fully saturated rings. The van der Waals surface area contributed by atoms with Crippen molar-refractivity contribution in [2.75, 3.05) is 13.1 Å². The van der Waals surface area contributed by atoms with Gasteiger partial charge in [0.2, 0.25) is 5.88 Å². The van der Waals surface area contributed by atoms with Crippen molar-refractivity contribution in [3.05, 3.63) is 101 Å². The van der Waals surface area contributed by atoms with Crippen LogP contribution in [0.2, 0.25) is 0 Å². The van der Waals surface area contributed by atoms with Crippen LogP contribution in [0.15, 0.2) is 61.2 Å². The summed E-state index contributed by atoms with van der Waals surface area (Å²) in [4.78, 5) is 32.5. The largest absolute Gasteiger partial charge is 0.478 e. The molecule has 1 aliphatic heterocycles. The lowest BCUT2D eigenvalue weighted by Crippen LogP contribution is -2.35. The predicted octanol–water partition coefficient (Wildman–Crippen LogP) is 4.76. The number of carboxylic acid groups (broad SMARTS) is 1. The number of carboxylic acids is 1. The van der Waals surface area contributed by atoms with Gasteiger partial charge in [-0.05, 0) is 56.6 Å². The second-order valence-electron chi connectivity index (χ2n) is 10.8. The van der Waals surface area contributed by atoms with Crippen molar-refractivity contribution in [2.24, 2.45) is 0 Å². The van der Waals surface area contributed by atoms with Crippen molar-refractivity contribution in [1.29, 1.82) is 5.26 Å². The van der Waals surface area contributed by atoms with E-state index in [9.17, 15) is 14.3 Å². The summed E-state index contributed by atoms with van der Waals surface area (Å²) in [6, 6.07) is 12.9. The molecule has 0 spiro atoms. The summed E-state index contributed by atoms with van der Waals surface area (Å²) in [5.41, 5.74) is 3.33. The molecule has 224 valence electrons. The zero-order valence-corrected chi connectivity index (χ0v) is 24.2. The molecule has 1 saturated heterocycles. The number of hydrogen-bond acceptors (Lipinski definition) is 8. The minimum absolute atomic E-state index is 0.0124. The maximum atomic E-state index is 14.3. The lowest BCUT2D eigenvalue weighted by Gasteiger charge is -2.31. The molecule has 0 amide bonds. The summed E-state index contributed by atoms with van der Waals surface area (Å²) >= 11 is 0. The topological polar surface area (TPSA) is 135 Å². The molecule has 0 aliphatic carbocycles. The van der Waals surface area contributed by atoms with Crippen molar-refractivity contribution in [2.45, 2.75) is 51.9 Å². The van der Waals surface area contributed by atoms with Crippen LogP contribution in [0, 0.1) is 17.1 Å². The number of aromatic carboxylic acids is 1. The van der Waals surface area contributed by atoms with Crippen LogP contribution in [-0.4, -0.2) is 58.1 Å². The molecular formula is C32H31FN8O3. The van der Waals surface area contributed by atoms with Crippen LogP contribution in [0.3, 0.4) is 0 Å². The average Bonchev–Trinajstić information content (AvgIpc) is 3.64. The lowest BCUT2D eigenvalue weighted by atomic mass is 9.97. The number of nitriles is 1. The second kappa shape index (κ2) is 12.6. The first-order chi connectivity index (χ1) is 21.4. The number of fused-ring (bicyclic) bond motifs is 1. The molecule has 6 rings (SSSR count). The standard InChI is InChI=1S/C32H31FN8O3/c1-2-40-20-35-15-25(40)17-41-28-13-22(32(42)43)7-8-27(28)37-29(41)18-39-11-3-4-23(16-39)31-36-10-9-30(38-31)44-19-24-6-5-21(14-34)12-26(24)33/h5-10,12-13,15,20,23H,2-4,11,16-19H2,1H3,(H,42,43)/t23-/m0/s1. The van der Waals surface area contributed by atoms with E-state index in [-0.39, 0.29) is 23.7 Å². The second-order valence-corrected chi connectivity index (χ2v) is 10.8. The van der Waals surface area contributed by atoms with E-state index in [1.165, 1.54) is 6.07 Å². The number of nitrogens with zero attached hydrogens (tertiary/aromatic N) is 8. The summed E-state index contributed by atoms with van der Waals surface area (Å²) < 4.78 is 24.3. The van der Waals surface area contributed by atoms with Crippen molar-refractivity contribution < 1.29 is 19.0 Å². The van der Waals surface area contributed by atoms with E-state index in [0.29, 0.717) is 36.9 Å². The molecule has 2 aromatic carbocycles. The number of ether oxygens (including phenoxy) is 1. The van der Waals surface area contributed by atoms with Gasteiger partial charge in [-0.2, -0.15) is 10.2 Å². The molecule has 44 heavy (non-hydrogen) atoms. The molecule has 0 bridgehead atoms. The highest BCUT2D eigenvalue weighted by molar-refractivity contribution is 5.92. The Labute approximate surface area is 253 Å². The van der Waals surface area contributed by atoms with Gasteiger partial charge in [-0.15, -0.1) is 0 Å². The van der Waals surface area contributed by atoms with Gasteiger partial charge in [0.1, 0.15) is 24.1 Å². The highest BCUT2D eigenvalue weighted by Gasteiger charge is 2.26. The number of likely N-dealkylation sites (tertiary alicyclic amines) is 1. The fraction of sp³-hybridized carbons (Fsp3) is 0.312. The van der Waals surface area contributed by atoms with Gasteiger partial charge in [-0.3, -0.25) is 4.90 Å². The van der Waals surface area contributed by atoms with Crippen molar-refractivity contribution in [3.63, 3.8) is 0 Å². The monoisotopic (exact) mass is 594 g/mol. The fourth-order valence-electron chi connectivity index (χ4n) is 5.66. The van der Waals surface area contributed by atoms with Gasteiger partial charge < -0.3 is 19.0 Å². The summed E-state index contributed by atoms with van der Waals surface area (Å²) in [5.74, 6) is 0.460. The van der Waals surface area contributed by atoms with Crippen LogP contribution in [0.4, 0.5) is 4.39 Å². The van der Waals surface area contributed by atoms with E-state index in [2.05, 4.69) is 35.9 Å². The number of benzene rings is 2. The number of piperidine rings is 1. The fourth-order valence-corrected chi connectivity index (χ4v) is 5.66. The molecule has 4 heterocycles. The Bertz CT molecular complexity index is 1860. The molecule has 0 unspecified atom stereocenters. The minimum atomic E-state index is -0.980. The SMILES string of the molecule is CCn1cncc1Cn1c(CN2CCC[C@H](c3nccc(OCc4ccc(C#N)cc4F)n3)C2)nc2ccc(C(=O)O)cc21. The number of aromatic nitrogens is 6. The predicted molar refractivity (Wildman–Crippen MR) is 158 cm³/mol. The molecule has 3 aromatic heterocycles. The van der Waals surface area contributed by atoms with Crippen LogP contribution < -0.4 is 4.74 Å². The third-order valence-corrected chi connectivity index (χ3v) is 7.98. The maximum Gasteiger partial charge on any atom is 0.335 e. The van der Waals surface area contributed by atoms with Gasteiger partial charge in [0.15, 0.2) is 0 Å². The summed E-state index contributed by atoms with van der Waals surface area (Å²) in [6.45, 7) is 5.50. The van der Waals surface area contributed by atoms with E-state index in [1.807, 2.05) is 12.3 Å². The Balaban J connectivity index is 1.20. The van der Waals surface area contributed by atoms with Crippen LogP contribution in [0.5, 0.6) is 5.88 Å². The average molecular weight is 595 g/mol. The lowest BCUT2D eigenvalue weighted by molar-refractivity contribution is 0.0697. The summed E-state index contributed by atoms with van der Waals surface area (Å²) in [6.07, 6.45) is 7.14. The van der Waals surface area contributed by atoms with E-state index < -0.39 is 11.8 Å². The van der Waals surface area contributed by atoms with E-state index >= 15 is 0 Å². The van der Waals surface area contributed by atoms with Gasteiger partial charge in [-0.1, -0.05) is 6.07 Å². The van der Waals surface area contributed by atoms with Crippen LogP contribution in [-0.2, 0) is 26.2 Å². The highest BCUT2D eigenvalue weighted by Crippen LogP contribution is 2.28. The molecule has 0 radical (unpaired) electrons. The molecule has 12 heteroatoms. The molecule has 0 saturated carbocycles. The number of halogens is 1. The Hall–Kier alpha value is -5.15. The number of hydrogen-bond donors (Lipinski definition) is 1. The van der Waals surface area contributed by atoms with Crippen LogP contribution >= 0.6 is 0 Å². The minimum Gasteiger partial charge on any atom is -0.478 e. The summed E-state index contributed by atoms with van der Waals surface area (Å²) in [5, 5.41) is 18.6. The van der Waals surface area contributed by atoms with Gasteiger partial charge in [-0.25, -0.2) is 24.1 Å². The molecular weight excluding hydrogens is 563 g/mol. The third kappa shape index (κ3) is 6.14. The van der Waals surface area contributed by atoms with Crippen molar-refractivity contribution >= 4 is 17.0 Å². The Morgan fingerprint density at radius 2 is 2.07 bits per heavy atom. The first-order valence-corrected chi connectivity index (χ1v) is 14.5. The first-order valence-electron chi connectivity index (χ1n) is 14.5. The number of rotatable bonds is 10. The highest BCUT2D eigenvalue weighted by atomic mass is 19.1. The molecule has 11 nitrogen and oxygen atoms in total. The molecule has 1 N–H and O–H groups in total. The molecule has 1 aliphatic rings. The zero-order valence-electron chi connectivity index (χ0n) is 24.2. The van der Waals surface area contributed by atoms with E-state index in [1.54, 1.807) is 48.9 Å². The molecule has 1 atom stereocenters. The quantitative estimate of drug-likeness (QED) is 0.243. The summed E-state index contributed by atoms with van der Waals surface area (Å²) in [7, 11) is 0. The van der Waals surface area contributed by atoms with Gasteiger partial charge in [0.25, 0.3) is 0 Å². The Kier molecular flexibility index (Phi) is 8.29. The normalized spacial score (nSPS) is 15.3. The number of imidazole rings is 2. The third-order valence-electron chi connectivity index (χ3n) is 7.98. The Morgan fingerprint density at radius 3 is 2.86 bits per heavy atom. The van der Waals surface area contributed by atoms with Crippen LogP contribution in [0.1, 0.15) is 64.5 Å². The van der Waals surface area contributed by atoms with Gasteiger partial charge in [0.05, 0.1) is 53.3 Å². The first kappa shape index (κ1) is 28.9. The zero-order chi connectivity index (χ0) is 30.6. The Morgan fingerprint density at radius 1 is 1.18 bits per heavy atom. The van der Waals surface area contributed by atoms with E-state index in [0.717, 1.165) is 48.5 Å².